The minimum Gasteiger partial charge on any atom is -0.399 e. The lowest BCUT2D eigenvalue weighted by Crippen LogP contribution is -2.19. The Balaban J connectivity index is 1.41. The fourth-order valence-electron chi connectivity index (χ4n) is 5.22. The molecule has 0 unspecified atom stereocenters. The van der Waals surface area contributed by atoms with Crippen molar-refractivity contribution in [3.63, 3.8) is 0 Å². The lowest BCUT2D eigenvalue weighted by Gasteiger charge is -2.31. The van der Waals surface area contributed by atoms with Gasteiger partial charge in [0.2, 0.25) is 5.75 Å². The van der Waals surface area contributed by atoms with Crippen LogP contribution >= 0.6 is 0 Å². The second kappa shape index (κ2) is 11.9. The molecule has 0 heterocycles. The van der Waals surface area contributed by atoms with Gasteiger partial charge in [-0.2, -0.15) is 0 Å². The Morgan fingerprint density at radius 3 is 1.91 bits per heavy atom. The van der Waals surface area contributed by atoms with E-state index < -0.39 is 23.7 Å². The van der Waals surface area contributed by atoms with E-state index in [1.807, 2.05) is 6.08 Å². The van der Waals surface area contributed by atoms with Gasteiger partial charge in [0, 0.05) is 5.56 Å². The van der Waals surface area contributed by atoms with Crippen LogP contribution in [-0.4, -0.2) is 6.36 Å². The van der Waals surface area contributed by atoms with E-state index in [4.69, 9.17) is 0 Å². The van der Waals surface area contributed by atoms with Crippen molar-refractivity contribution < 1.29 is 26.7 Å². The lowest BCUT2D eigenvalue weighted by atomic mass is 9.75. The lowest BCUT2D eigenvalue weighted by molar-refractivity contribution is -0.276. The Bertz CT molecular complexity index is 824. The third-order valence-corrected chi connectivity index (χ3v) is 7.30. The van der Waals surface area contributed by atoms with Crippen molar-refractivity contribution in [3.8, 4) is 17.6 Å². The number of hydrogen-bond acceptors (Lipinski definition) is 1. The maximum absolute atomic E-state index is 13.7. The summed E-state index contributed by atoms with van der Waals surface area (Å²) in [5, 5.41) is 0. The van der Waals surface area contributed by atoms with Crippen LogP contribution in [0.4, 0.5) is 22.0 Å². The number of allylic oxidation sites excluding steroid dienone is 2. The summed E-state index contributed by atoms with van der Waals surface area (Å²) in [4.78, 5) is 0. The monoisotopic (exact) mass is 468 g/mol. The molecule has 0 aromatic heterocycles. The fraction of sp³-hybridized carbons (Fsp3) is 0.630. The molecule has 2 aliphatic rings. The normalized spacial score (nSPS) is 26.1. The molecule has 2 saturated carbocycles. The molecule has 0 atom stereocenters. The smallest absolute Gasteiger partial charge is 0.399 e. The highest BCUT2D eigenvalue weighted by molar-refractivity contribution is 5.42. The van der Waals surface area contributed by atoms with Crippen LogP contribution in [0.5, 0.6) is 5.75 Å². The van der Waals surface area contributed by atoms with Gasteiger partial charge in [-0.3, -0.25) is 0 Å². The fourth-order valence-corrected chi connectivity index (χ4v) is 5.22. The van der Waals surface area contributed by atoms with Crippen LogP contribution in [0.2, 0.25) is 0 Å². The van der Waals surface area contributed by atoms with Gasteiger partial charge in [0.05, 0.1) is 0 Å². The zero-order chi connectivity index (χ0) is 23.8. The molecule has 2 fully saturated rings. The van der Waals surface area contributed by atoms with Crippen molar-refractivity contribution in [2.45, 2.75) is 83.9 Å². The number of benzene rings is 1. The first kappa shape index (κ1) is 25.6. The van der Waals surface area contributed by atoms with E-state index in [-0.39, 0.29) is 5.56 Å². The van der Waals surface area contributed by atoms with Gasteiger partial charge < -0.3 is 4.74 Å². The molecule has 0 amide bonds. The van der Waals surface area contributed by atoms with Crippen LogP contribution in [0.25, 0.3) is 0 Å². The summed E-state index contributed by atoms with van der Waals surface area (Å²) >= 11 is 0. The Morgan fingerprint density at radius 2 is 1.39 bits per heavy atom. The molecule has 6 heteroatoms. The second-order valence-electron chi connectivity index (χ2n) is 9.60. The average Bonchev–Trinajstić information content (AvgIpc) is 2.78. The second-order valence-corrected chi connectivity index (χ2v) is 9.60. The van der Waals surface area contributed by atoms with E-state index in [2.05, 4.69) is 23.5 Å². The first-order valence-electron chi connectivity index (χ1n) is 12.2. The summed E-state index contributed by atoms with van der Waals surface area (Å²) in [6.07, 6.45) is 12.9. The van der Waals surface area contributed by atoms with Crippen molar-refractivity contribution in [2.24, 2.45) is 23.7 Å². The van der Waals surface area contributed by atoms with Gasteiger partial charge in [-0.05, 0) is 67.6 Å². The third-order valence-electron chi connectivity index (χ3n) is 7.30. The van der Waals surface area contributed by atoms with E-state index in [1.54, 1.807) is 6.08 Å². The summed E-state index contributed by atoms with van der Waals surface area (Å²) in [5.41, 5.74) is -0.0409. The van der Waals surface area contributed by atoms with E-state index in [9.17, 15) is 22.0 Å². The molecule has 0 aliphatic heterocycles. The quantitative estimate of drug-likeness (QED) is 0.300. The van der Waals surface area contributed by atoms with Crippen LogP contribution in [0.15, 0.2) is 24.3 Å². The maximum Gasteiger partial charge on any atom is 0.573 e. The van der Waals surface area contributed by atoms with Gasteiger partial charge >= 0.3 is 6.36 Å². The molecule has 1 nitrogen and oxygen atoms in total. The van der Waals surface area contributed by atoms with Crippen LogP contribution in [0, 0.1) is 47.1 Å². The predicted octanol–water partition coefficient (Wildman–Crippen LogP) is 8.57. The molecule has 33 heavy (non-hydrogen) atoms. The number of alkyl halides is 3. The molecular weight excluding hydrogens is 435 g/mol. The van der Waals surface area contributed by atoms with Crippen molar-refractivity contribution in [1.29, 1.82) is 0 Å². The van der Waals surface area contributed by atoms with E-state index >= 15 is 0 Å². The van der Waals surface area contributed by atoms with Crippen LogP contribution in [0.1, 0.15) is 83.1 Å². The van der Waals surface area contributed by atoms with Crippen LogP contribution < -0.4 is 4.74 Å². The standard InChI is InChI=1S/C27H33F5O/c1-2-19-7-9-21(10-8-19)15-16-22-13-11-20(12-14-22)5-3-4-6-23-17-24(28)26(25(29)18-23)33-27(30,31)32/h3,5,17-22H,2,7-16H2,1H3/b5-3+. The van der Waals surface area contributed by atoms with Crippen LogP contribution in [0.3, 0.4) is 0 Å². The van der Waals surface area contributed by atoms with Gasteiger partial charge in [0.15, 0.2) is 11.6 Å². The molecule has 2 aliphatic carbocycles. The Labute approximate surface area is 193 Å². The van der Waals surface area contributed by atoms with Gasteiger partial charge in [-0.15, -0.1) is 13.2 Å². The van der Waals surface area contributed by atoms with Crippen molar-refractivity contribution in [2.75, 3.05) is 0 Å². The van der Waals surface area contributed by atoms with Crippen molar-refractivity contribution >= 4 is 0 Å². The van der Waals surface area contributed by atoms with Gasteiger partial charge in [0.25, 0.3) is 0 Å². The first-order valence-corrected chi connectivity index (χ1v) is 12.2. The molecule has 0 N–H and O–H groups in total. The zero-order valence-electron chi connectivity index (χ0n) is 19.2. The maximum atomic E-state index is 13.7. The highest BCUT2D eigenvalue weighted by Crippen LogP contribution is 2.37. The molecule has 0 bridgehead atoms. The number of halogens is 5. The van der Waals surface area contributed by atoms with Crippen molar-refractivity contribution in [3.05, 3.63) is 41.5 Å². The van der Waals surface area contributed by atoms with Gasteiger partial charge in [0.1, 0.15) is 0 Å². The Hall–Kier alpha value is -2.03. The number of rotatable bonds is 6. The molecular formula is C27H33F5O. The Morgan fingerprint density at radius 1 is 0.879 bits per heavy atom. The summed E-state index contributed by atoms with van der Waals surface area (Å²) in [7, 11) is 0. The van der Waals surface area contributed by atoms with E-state index in [0.29, 0.717) is 5.92 Å². The van der Waals surface area contributed by atoms with E-state index in [1.165, 1.54) is 57.8 Å². The summed E-state index contributed by atoms with van der Waals surface area (Å²) < 4.78 is 67.5. The van der Waals surface area contributed by atoms with E-state index in [0.717, 1.165) is 42.7 Å². The number of ether oxygens (including phenoxy) is 1. The molecule has 3 rings (SSSR count). The van der Waals surface area contributed by atoms with Gasteiger partial charge in [-0.25, -0.2) is 8.78 Å². The summed E-state index contributed by atoms with van der Waals surface area (Å²) in [6, 6.07) is 1.48. The molecule has 0 saturated heterocycles. The Kier molecular flexibility index (Phi) is 9.23. The number of hydrogen-bond donors (Lipinski definition) is 0. The predicted molar refractivity (Wildman–Crippen MR) is 119 cm³/mol. The first-order chi connectivity index (χ1) is 15.7. The summed E-state index contributed by atoms with van der Waals surface area (Å²) in [6.45, 7) is 2.30. The highest BCUT2D eigenvalue weighted by Gasteiger charge is 2.34. The molecule has 1 aromatic carbocycles. The summed E-state index contributed by atoms with van der Waals surface area (Å²) in [5.74, 6) is 4.11. The minimum atomic E-state index is -5.16. The molecule has 1 aromatic rings. The SMILES string of the molecule is CCC1CCC(CCC2CCC(/C=C/C#Cc3cc(F)c(OC(F)(F)F)c(F)c3)CC2)CC1. The third kappa shape index (κ3) is 8.36. The van der Waals surface area contributed by atoms with Crippen molar-refractivity contribution in [1.82, 2.24) is 0 Å². The molecule has 0 spiro atoms. The molecule has 0 radical (unpaired) electrons. The average molecular weight is 469 g/mol. The molecule has 182 valence electrons. The minimum absolute atomic E-state index is 0.0409. The largest absolute Gasteiger partial charge is 0.573 e. The van der Waals surface area contributed by atoms with Gasteiger partial charge in [-0.1, -0.05) is 69.8 Å². The van der Waals surface area contributed by atoms with Crippen LogP contribution in [-0.2, 0) is 0 Å². The zero-order valence-corrected chi connectivity index (χ0v) is 19.2. The topological polar surface area (TPSA) is 9.23 Å². The highest BCUT2D eigenvalue weighted by atomic mass is 19.4.